The Bertz CT molecular complexity index is 6440. The number of nitriles is 5. The van der Waals surface area contributed by atoms with Gasteiger partial charge < -0.3 is 42.6 Å². The van der Waals surface area contributed by atoms with Crippen molar-refractivity contribution < 1.29 is 8.94 Å². The summed E-state index contributed by atoms with van der Waals surface area (Å²) < 4.78 is 14.6. The average molecular weight is 1600 g/mol. The van der Waals surface area contributed by atoms with Gasteiger partial charge in [-0.25, -0.2) is 64.2 Å². The summed E-state index contributed by atoms with van der Waals surface area (Å²) in [6.07, 6.45) is 19.7. The summed E-state index contributed by atoms with van der Waals surface area (Å²) >= 11 is 2.75. The maximum absolute atomic E-state index is 9.23. The molecular formula is C85H51N31O2S2. The van der Waals surface area contributed by atoms with Crippen LogP contribution in [-0.2, 0) is 0 Å². The fourth-order valence-electron chi connectivity index (χ4n) is 12.4. The molecule has 0 unspecified atom stereocenters. The summed E-state index contributed by atoms with van der Waals surface area (Å²) in [6, 6.07) is 61.4. The van der Waals surface area contributed by atoms with E-state index >= 15 is 0 Å². The third kappa shape index (κ3) is 16.0. The molecule has 35 heteroatoms. The van der Waals surface area contributed by atoms with Crippen LogP contribution < -0.4 is 28.7 Å². The smallest absolute Gasteiger partial charge is 0.187 e. The van der Waals surface area contributed by atoms with E-state index < -0.39 is 0 Å². The molecule has 0 saturated carbocycles. The molecule has 0 aliphatic rings. The van der Waals surface area contributed by atoms with Gasteiger partial charge >= 0.3 is 0 Å². The first-order valence-corrected chi connectivity index (χ1v) is 37.2. The number of H-pyrrole nitrogens is 1. The fourth-order valence-corrected chi connectivity index (χ4v) is 13.6. The number of aromatic nitrogens is 21. The number of pyridine rings is 5. The standard InChI is InChI=1S/C17H11N7.2C17H10N6O.2C17H10N6S/c18-7-13-17(19)24-16(14-8-20-9-22-14)15(23-13)11-3-4-12-10(6-11)2-1-5-21-12;18-9-13-17(19)23-16(14-5-7-21-24-14)15(22-13)11-3-4-12-10(8-11)2-1-6-20-12;18-7-13-17(19)23-16(14-8-20-9-24-14)15(22-13)11-3-4-12-10(6-11)2-1-5-21-12;18-9-13-17(19)23-16(14-5-7-21-24-14)15(22-13)11-3-4-12-10(8-11)2-1-6-20-12;18-7-13-17(19)23-16(14-8-20-9-24-14)15(22-13)11-3-4-12-10(6-11)2-1-5-21-12/h1-6,8-9H,(H2,19,24)(H,20,22);1-8H,(H2,19,23);1-6,8-9H,(H2,19,23);1-8H,(H2,19,23);1-6,8-9H,(H2,19,23). The van der Waals surface area contributed by atoms with Crippen molar-refractivity contribution in [1.82, 2.24) is 104 Å². The molecule has 15 aromatic heterocycles. The Kier molecular flexibility index (Phi) is 21.6. The first kappa shape index (κ1) is 75.9. The van der Waals surface area contributed by atoms with Crippen LogP contribution >= 0.6 is 22.9 Å². The second-order valence-electron chi connectivity index (χ2n) is 25.3. The van der Waals surface area contributed by atoms with Gasteiger partial charge in [-0.05, 0) is 109 Å². The molecule has 0 aliphatic carbocycles. The lowest BCUT2D eigenvalue weighted by Gasteiger charge is -2.09. The molecule has 5 aromatic carbocycles. The van der Waals surface area contributed by atoms with Crippen molar-refractivity contribution in [1.29, 1.82) is 26.3 Å². The number of nitrogens with two attached hydrogens (primary N) is 5. The number of fused-ring (bicyclic) bond motifs is 5. The number of hydrogen-bond acceptors (Lipinski definition) is 34. The monoisotopic (exact) mass is 1600 g/mol. The lowest BCUT2D eigenvalue weighted by atomic mass is 10.0. The van der Waals surface area contributed by atoms with Gasteiger partial charge in [0, 0.05) is 104 Å². The largest absolute Gasteiger partial charge is 0.442 e. The Labute approximate surface area is 685 Å². The fraction of sp³-hybridized carbons (Fsp3) is 0. The number of nitrogen functional groups attached to an aromatic ring is 5. The number of aromatic amines is 1. The Balaban J connectivity index is 0.000000112. The molecule has 120 heavy (non-hydrogen) atoms. The van der Waals surface area contributed by atoms with Gasteiger partial charge in [0.05, 0.1) is 90.5 Å². The van der Waals surface area contributed by atoms with Gasteiger partial charge in [-0.15, -0.1) is 11.3 Å². The van der Waals surface area contributed by atoms with Crippen LogP contribution in [0.3, 0.4) is 0 Å². The maximum Gasteiger partial charge on any atom is 0.187 e. The van der Waals surface area contributed by atoms with Crippen molar-refractivity contribution in [2.45, 2.75) is 0 Å². The van der Waals surface area contributed by atoms with Crippen LogP contribution in [0.1, 0.15) is 28.5 Å². The van der Waals surface area contributed by atoms with Gasteiger partial charge in [0.15, 0.2) is 75.5 Å². The average Bonchev–Trinajstić information content (AvgIpc) is 1.19. The first-order valence-electron chi connectivity index (χ1n) is 35.5. The van der Waals surface area contributed by atoms with Gasteiger partial charge in [-0.3, -0.25) is 29.9 Å². The number of hydrogen-bond donors (Lipinski definition) is 6. The van der Waals surface area contributed by atoms with Crippen molar-refractivity contribution in [3.8, 4) is 142 Å². The predicted octanol–water partition coefficient (Wildman–Crippen LogP) is 14.7. The highest BCUT2D eigenvalue weighted by Crippen LogP contribution is 2.39. The zero-order valence-corrected chi connectivity index (χ0v) is 63.4. The van der Waals surface area contributed by atoms with E-state index in [1.807, 2.05) is 188 Å². The van der Waals surface area contributed by atoms with E-state index in [2.05, 4.69) is 104 Å². The summed E-state index contributed by atoms with van der Waals surface area (Å²) in [5, 5.41) is 54.6. The zero-order valence-electron chi connectivity index (χ0n) is 61.8. The van der Waals surface area contributed by atoms with Crippen LogP contribution in [0.2, 0.25) is 0 Å². The first-order chi connectivity index (χ1) is 58.8. The third-order valence-electron chi connectivity index (χ3n) is 18.0. The van der Waals surface area contributed by atoms with Gasteiger partial charge in [0.2, 0.25) is 0 Å². The Morgan fingerprint density at radius 3 is 1.02 bits per heavy atom. The summed E-state index contributed by atoms with van der Waals surface area (Å²) in [5.41, 5.74) is 46.0. The molecule has 0 bridgehead atoms. The van der Waals surface area contributed by atoms with E-state index in [-0.39, 0.29) is 57.6 Å². The van der Waals surface area contributed by atoms with Gasteiger partial charge in [0.1, 0.15) is 70.2 Å². The van der Waals surface area contributed by atoms with E-state index in [9.17, 15) is 26.3 Å². The van der Waals surface area contributed by atoms with E-state index in [1.165, 1.54) is 41.7 Å². The van der Waals surface area contributed by atoms with Crippen LogP contribution in [0, 0.1) is 56.7 Å². The lowest BCUT2D eigenvalue weighted by molar-refractivity contribution is 0.431. The minimum Gasteiger partial charge on any atom is -0.442 e. The quantitative estimate of drug-likeness (QED) is 0.0740. The Morgan fingerprint density at radius 1 is 0.325 bits per heavy atom. The molecule has 0 aliphatic heterocycles. The van der Waals surface area contributed by atoms with Crippen LogP contribution in [0.4, 0.5) is 29.1 Å². The van der Waals surface area contributed by atoms with Gasteiger partial charge in [0.25, 0.3) is 0 Å². The molecule has 0 radical (unpaired) electrons. The molecule has 20 aromatic rings. The molecule has 0 atom stereocenters. The number of nitrogens with one attached hydrogen (secondary N) is 1. The highest BCUT2D eigenvalue weighted by molar-refractivity contribution is 7.13. The summed E-state index contributed by atoms with van der Waals surface area (Å²) in [5.74, 6) is 1.29. The maximum atomic E-state index is 9.23. The lowest BCUT2D eigenvalue weighted by Crippen LogP contribution is -2.03. The van der Waals surface area contributed by atoms with Crippen molar-refractivity contribution in [3.63, 3.8) is 0 Å². The number of rotatable bonds is 10. The van der Waals surface area contributed by atoms with Crippen molar-refractivity contribution in [2.75, 3.05) is 28.7 Å². The van der Waals surface area contributed by atoms with Crippen LogP contribution in [0.5, 0.6) is 0 Å². The molecule has 0 amide bonds. The second kappa shape index (κ2) is 34.1. The highest BCUT2D eigenvalue weighted by Gasteiger charge is 2.24. The number of anilines is 5. The van der Waals surface area contributed by atoms with Crippen molar-refractivity contribution in [2.24, 2.45) is 0 Å². The molecule has 11 N–H and O–H groups in total. The Morgan fingerprint density at radius 2 is 0.692 bits per heavy atom. The molecular weight excluding hydrogens is 1550 g/mol. The second-order valence-corrected chi connectivity index (χ2v) is 27.1. The van der Waals surface area contributed by atoms with Crippen molar-refractivity contribution in [3.05, 3.63) is 272 Å². The van der Waals surface area contributed by atoms with Crippen LogP contribution in [0.25, 0.3) is 166 Å². The Hall–Kier alpha value is -18.1. The minimum absolute atomic E-state index is 0.0510. The van der Waals surface area contributed by atoms with Gasteiger partial charge in [-0.1, -0.05) is 65.8 Å². The van der Waals surface area contributed by atoms with E-state index in [0.717, 1.165) is 92.1 Å². The minimum atomic E-state index is 0.0510. The molecule has 33 nitrogen and oxygen atoms in total. The molecule has 0 spiro atoms. The summed E-state index contributed by atoms with van der Waals surface area (Å²) in [7, 11) is 0. The third-order valence-corrected chi connectivity index (χ3v) is 19.5. The SMILES string of the molecule is N#Cc1nc(-c2ccc3ncccc3c2)c(-c2ccno2)nc1N.N#Cc1nc(-c2ccc3ncccc3c2)c(-c2ccns2)nc1N.N#Cc1nc(-c2ccc3ncccc3c2)c(-c2cnc[nH]2)nc1N.N#Cc1nc(-c2ccc3ncccc3c2)c(-c2cnco2)nc1N.N#Cc1nc(-c2ccc3ncccc3c2)c(-c2cncs2)nc1N. The normalized spacial score (nSPS) is 10.6. The number of nitrogens with zero attached hydrogens (tertiary/aromatic N) is 25. The predicted molar refractivity (Wildman–Crippen MR) is 450 cm³/mol. The highest BCUT2D eigenvalue weighted by atomic mass is 32.1. The number of imidazole rings is 1. The van der Waals surface area contributed by atoms with Crippen molar-refractivity contribution >= 4 is 106 Å². The van der Waals surface area contributed by atoms with Crippen LogP contribution in [0.15, 0.2) is 253 Å². The van der Waals surface area contributed by atoms with Gasteiger partial charge in [-0.2, -0.15) is 26.3 Å². The molecule has 570 valence electrons. The van der Waals surface area contributed by atoms with E-state index in [1.54, 1.807) is 67.5 Å². The number of oxazole rings is 1. The van der Waals surface area contributed by atoms with Crippen LogP contribution in [-0.4, -0.2) is 104 Å². The molecule has 15 heterocycles. The van der Waals surface area contributed by atoms with E-state index in [4.69, 9.17) is 37.6 Å². The molecule has 0 fully saturated rings. The zero-order chi connectivity index (χ0) is 82.6. The van der Waals surface area contributed by atoms with E-state index in [0.29, 0.717) is 74.2 Å². The summed E-state index contributed by atoms with van der Waals surface area (Å²) in [6.45, 7) is 0. The number of benzene rings is 5. The molecule has 20 rings (SSSR count). The summed E-state index contributed by atoms with van der Waals surface area (Å²) in [4.78, 5) is 82.0. The molecule has 0 saturated heterocycles. The number of thiazole rings is 1. The topological polar surface area (TPSA) is 549 Å².